The van der Waals surface area contributed by atoms with Crippen LogP contribution in [-0.4, -0.2) is 39.4 Å². The number of nitrogens with zero attached hydrogens (tertiary/aromatic N) is 1. The first-order chi connectivity index (χ1) is 11.4. The van der Waals surface area contributed by atoms with E-state index in [-0.39, 0.29) is 101 Å². The van der Waals surface area contributed by atoms with E-state index in [4.69, 9.17) is 4.74 Å². The van der Waals surface area contributed by atoms with E-state index in [1.807, 2.05) is 0 Å². The van der Waals surface area contributed by atoms with E-state index in [1.54, 1.807) is 0 Å². The Labute approximate surface area is 226 Å². The fraction of sp³-hybridized carbons (Fsp3) is 0.636. The van der Waals surface area contributed by atoms with Crippen molar-refractivity contribution in [3.63, 3.8) is 0 Å². The zero-order valence-corrected chi connectivity index (χ0v) is 23.7. The number of H-pyrrole nitrogens is 1. The molecule has 1 aromatic rings. The van der Waals surface area contributed by atoms with Crippen LogP contribution in [0.2, 0.25) is 0 Å². The molecule has 2 N–H and O–H groups in total. The Balaban J connectivity index is 0. The third kappa shape index (κ3) is 9.58. The molecule has 0 radical (unpaired) electrons. The molecule has 1 saturated heterocycles. The van der Waals surface area contributed by atoms with Crippen molar-refractivity contribution in [2.24, 2.45) is 0 Å². The molecule has 0 spiro atoms. The summed E-state index contributed by atoms with van der Waals surface area (Å²) >= 11 is 0. The van der Waals surface area contributed by atoms with Gasteiger partial charge in [-0.15, -0.1) is 0 Å². The van der Waals surface area contributed by atoms with Gasteiger partial charge in [0.2, 0.25) is 0 Å². The fourth-order valence-electron chi connectivity index (χ4n) is 2.28. The third-order valence-corrected chi connectivity index (χ3v) is 6.76. The average molecular weight is 466 g/mol. The van der Waals surface area contributed by atoms with Crippen molar-refractivity contribution in [2.45, 2.75) is 31.8 Å². The summed E-state index contributed by atoms with van der Waals surface area (Å²) in [4.78, 5) is 57.6. The molecular formula is C11H15N2Na3O10P2. The maximum absolute atomic E-state index is 11.8. The molecule has 1 aromatic heterocycles. The van der Waals surface area contributed by atoms with Crippen molar-refractivity contribution in [3.8, 4) is 0 Å². The number of aryl methyl sites for hydroxylation is 1. The van der Waals surface area contributed by atoms with Gasteiger partial charge in [0, 0.05) is 24.1 Å². The largest absolute Gasteiger partial charge is 1.00 e. The topological polar surface area (TPSA) is 197 Å². The van der Waals surface area contributed by atoms with Gasteiger partial charge in [0.15, 0.2) is 0 Å². The second kappa shape index (κ2) is 12.8. The second-order valence-corrected chi connectivity index (χ2v) is 9.40. The van der Waals surface area contributed by atoms with Crippen LogP contribution >= 0.6 is 15.2 Å². The van der Waals surface area contributed by atoms with Crippen molar-refractivity contribution in [2.75, 3.05) is 12.5 Å². The van der Waals surface area contributed by atoms with Gasteiger partial charge in [-0.2, -0.15) is 0 Å². The Morgan fingerprint density at radius 1 is 1.29 bits per heavy atom. The van der Waals surface area contributed by atoms with Gasteiger partial charge in [-0.3, -0.25) is 14.3 Å². The zero-order valence-electron chi connectivity index (χ0n) is 15.9. The van der Waals surface area contributed by atoms with Crippen LogP contribution in [0.1, 0.15) is 18.2 Å². The molecule has 142 valence electrons. The summed E-state index contributed by atoms with van der Waals surface area (Å²) in [6, 6.07) is 0. The van der Waals surface area contributed by atoms with Crippen molar-refractivity contribution in [1.29, 1.82) is 0 Å². The summed E-state index contributed by atoms with van der Waals surface area (Å²) in [6.07, 6.45) is -2.24. The van der Waals surface area contributed by atoms with Crippen molar-refractivity contribution < 1.29 is 127 Å². The van der Waals surface area contributed by atoms with E-state index < -0.39 is 57.4 Å². The molecular weight excluding hydrogens is 451 g/mol. The van der Waals surface area contributed by atoms with E-state index >= 15 is 0 Å². The number of rotatable bonds is 6. The van der Waals surface area contributed by atoms with E-state index in [9.17, 15) is 38.5 Å². The van der Waals surface area contributed by atoms with E-state index in [1.165, 1.54) is 13.1 Å². The van der Waals surface area contributed by atoms with Gasteiger partial charge in [-0.1, -0.05) is 7.60 Å². The predicted molar refractivity (Wildman–Crippen MR) is 76.6 cm³/mol. The molecule has 2 heterocycles. The Hall–Kier alpha value is 1.90. The Morgan fingerprint density at radius 3 is 2.39 bits per heavy atom. The number of aliphatic hydroxyl groups is 1. The van der Waals surface area contributed by atoms with Crippen LogP contribution in [0, 0.1) is 6.92 Å². The second-order valence-electron chi connectivity index (χ2n) is 5.57. The van der Waals surface area contributed by atoms with Crippen molar-refractivity contribution >= 4 is 15.2 Å². The summed E-state index contributed by atoms with van der Waals surface area (Å²) < 4.78 is 32.7. The van der Waals surface area contributed by atoms with Gasteiger partial charge in [0.1, 0.15) is 19.9 Å². The van der Waals surface area contributed by atoms with Crippen LogP contribution in [-0.2, 0) is 18.4 Å². The Morgan fingerprint density at radius 2 is 1.86 bits per heavy atom. The molecule has 2 rings (SSSR count). The van der Waals surface area contributed by atoms with Crippen LogP contribution in [0.15, 0.2) is 15.8 Å². The predicted octanol–water partition coefficient (Wildman–Crippen LogP) is -12.1. The maximum Gasteiger partial charge on any atom is 1.00 e. The minimum Gasteiger partial charge on any atom is -0.810 e. The number of hydrogen-bond acceptors (Lipinski definition) is 10. The summed E-state index contributed by atoms with van der Waals surface area (Å²) in [5, 5.41) is 9.90. The SMILES string of the molecule is Cc1cn([C@H]2C[C@H](O)[C@@H](COP(=O)([O-])CP(=O)([O-])[O-])O2)c(=O)[nH]c1=O.[Na+].[Na+].[Na+]. The Kier molecular flexibility index (Phi) is 14.7. The fourth-order valence-corrected chi connectivity index (χ4v) is 4.67. The van der Waals surface area contributed by atoms with Gasteiger partial charge >= 0.3 is 94.4 Å². The molecule has 17 heteroatoms. The van der Waals surface area contributed by atoms with Gasteiger partial charge in [-0.05, 0) is 6.92 Å². The van der Waals surface area contributed by atoms with E-state index in [2.05, 4.69) is 9.51 Å². The molecule has 1 aliphatic heterocycles. The summed E-state index contributed by atoms with van der Waals surface area (Å²) in [6.45, 7) is 0.730. The quantitative estimate of drug-likeness (QED) is 0.300. The third-order valence-electron chi connectivity index (χ3n) is 3.44. The molecule has 1 fully saturated rings. The van der Waals surface area contributed by atoms with Crippen LogP contribution in [0.4, 0.5) is 0 Å². The number of hydrogen-bond donors (Lipinski definition) is 2. The molecule has 0 bridgehead atoms. The van der Waals surface area contributed by atoms with E-state index in [0.717, 1.165) is 4.57 Å². The first-order valence-corrected chi connectivity index (χ1v) is 10.4. The van der Waals surface area contributed by atoms with Crippen LogP contribution in [0.3, 0.4) is 0 Å². The summed E-state index contributed by atoms with van der Waals surface area (Å²) in [7, 11) is -10.3. The number of aliphatic hydroxyl groups excluding tert-OH is 1. The Bertz CT molecular complexity index is 856. The molecule has 4 atom stereocenters. The average Bonchev–Trinajstić information content (AvgIpc) is 2.79. The number of aromatic nitrogens is 2. The minimum absolute atomic E-state index is 0. The molecule has 0 aromatic carbocycles. The standard InChI is InChI=1S/C11H18N2O10P2.3Na/c1-6-3-13(11(16)12-10(6)15)9-2-7(14)8(23-9)4-22-25(20,21)5-24(17,18)19;;;/h3,7-9,14H,2,4-5H2,1H3,(H,20,21)(H,12,15,16)(H2,17,18,19);;;/q;3*+1/p-3/t7-,8+,9+;;;/m0.../s1. The van der Waals surface area contributed by atoms with Gasteiger partial charge < -0.3 is 38.2 Å². The number of ether oxygens (including phenoxy) is 1. The monoisotopic (exact) mass is 466 g/mol. The molecule has 12 nitrogen and oxygen atoms in total. The van der Waals surface area contributed by atoms with Gasteiger partial charge in [0.25, 0.3) is 5.56 Å². The van der Waals surface area contributed by atoms with Crippen molar-refractivity contribution in [1.82, 2.24) is 9.55 Å². The van der Waals surface area contributed by atoms with Crippen LogP contribution in [0.5, 0.6) is 0 Å². The van der Waals surface area contributed by atoms with Gasteiger partial charge in [0.05, 0.1) is 12.7 Å². The molecule has 1 unspecified atom stereocenters. The first kappa shape index (κ1) is 32.1. The molecule has 28 heavy (non-hydrogen) atoms. The van der Waals surface area contributed by atoms with Gasteiger partial charge in [-0.25, -0.2) is 4.79 Å². The number of aromatic amines is 1. The zero-order chi connectivity index (χ0) is 19.0. The molecule has 0 saturated carbocycles. The number of nitrogens with one attached hydrogen (secondary N) is 1. The van der Waals surface area contributed by atoms with Crippen molar-refractivity contribution in [3.05, 3.63) is 32.6 Å². The molecule has 0 amide bonds. The normalized spacial score (nSPS) is 23.7. The minimum atomic E-state index is -5.32. The van der Waals surface area contributed by atoms with Crippen LogP contribution < -0.4 is 115 Å². The van der Waals surface area contributed by atoms with Crippen LogP contribution in [0.25, 0.3) is 0 Å². The summed E-state index contributed by atoms with van der Waals surface area (Å²) in [5.41, 5.74) is -1.13. The maximum atomic E-state index is 11.8. The summed E-state index contributed by atoms with van der Waals surface area (Å²) in [5.74, 6) is -1.69. The van der Waals surface area contributed by atoms with E-state index in [0.29, 0.717) is 0 Å². The smallest absolute Gasteiger partial charge is 0.810 e. The molecule has 1 aliphatic rings. The molecule has 0 aliphatic carbocycles. The first-order valence-electron chi connectivity index (χ1n) is 6.99.